The zero-order valence-electron chi connectivity index (χ0n) is 11.8. The van der Waals surface area contributed by atoms with Gasteiger partial charge in [-0.1, -0.05) is 0 Å². The zero-order chi connectivity index (χ0) is 15.3. The number of hydrogen-bond acceptors (Lipinski definition) is 5. The molecule has 7 nitrogen and oxygen atoms in total. The highest BCUT2D eigenvalue weighted by Crippen LogP contribution is 2.28. The van der Waals surface area contributed by atoms with Gasteiger partial charge in [-0.25, -0.2) is 13.1 Å². The molecule has 0 saturated heterocycles. The summed E-state index contributed by atoms with van der Waals surface area (Å²) >= 11 is 0. The van der Waals surface area contributed by atoms with E-state index in [0.29, 0.717) is 12.3 Å². The van der Waals surface area contributed by atoms with Crippen LogP contribution in [0.5, 0.6) is 11.5 Å². The van der Waals surface area contributed by atoms with Crippen molar-refractivity contribution in [3.8, 4) is 11.5 Å². The van der Waals surface area contributed by atoms with Gasteiger partial charge in [-0.05, 0) is 18.2 Å². The van der Waals surface area contributed by atoms with E-state index >= 15 is 0 Å². The number of sulfonamides is 1. The van der Waals surface area contributed by atoms with E-state index in [1.54, 1.807) is 29.2 Å². The number of nitrogens with one attached hydrogen (secondary N) is 1. The fourth-order valence-electron chi connectivity index (χ4n) is 1.80. The highest BCUT2D eigenvalue weighted by atomic mass is 32.2. The normalized spacial score (nSPS) is 11.3. The maximum Gasteiger partial charge on any atom is 0.244 e. The molecule has 1 aromatic heterocycles. The van der Waals surface area contributed by atoms with Crippen molar-refractivity contribution in [2.75, 3.05) is 20.8 Å². The van der Waals surface area contributed by atoms with Crippen LogP contribution in [0.15, 0.2) is 41.6 Å². The molecule has 0 unspecified atom stereocenters. The third-order valence-electron chi connectivity index (χ3n) is 2.85. The van der Waals surface area contributed by atoms with Gasteiger partial charge in [0, 0.05) is 25.0 Å². The number of hydrogen-bond donors (Lipinski definition) is 1. The lowest BCUT2D eigenvalue weighted by atomic mass is 10.3. The summed E-state index contributed by atoms with van der Waals surface area (Å²) in [5.74, 6) is 0.767. The molecule has 2 rings (SSSR count). The predicted octanol–water partition coefficient (Wildman–Crippen LogP) is 0.879. The van der Waals surface area contributed by atoms with Gasteiger partial charge in [0.15, 0.2) is 0 Å². The maximum absolute atomic E-state index is 12.3. The first-order valence-corrected chi connectivity index (χ1v) is 7.74. The van der Waals surface area contributed by atoms with Crippen LogP contribution in [0.25, 0.3) is 0 Å². The molecule has 21 heavy (non-hydrogen) atoms. The molecule has 2 aromatic rings. The van der Waals surface area contributed by atoms with Crippen LogP contribution in [0.1, 0.15) is 0 Å². The molecule has 0 fully saturated rings. The van der Waals surface area contributed by atoms with E-state index in [2.05, 4.69) is 9.82 Å². The first kappa shape index (κ1) is 15.3. The second-order valence-corrected chi connectivity index (χ2v) is 5.92. The van der Waals surface area contributed by atoms with Crippen LogP contribution in [0, 0.1) is 0 Å². The summed E-state index contributed by atoms with van der Waals surface area (Å²) in [6.07, 6.45) is 3.41. The number of aromatic nitrogens is 2. The summed E-state index contributed by atoms with van der Waals surface area (Å²) in [6.45, 7) is 0.684. The van der Waals surface area contributed by atoms with Gasteiger partial charge in [0.25, 0.3) is 0 Å². The number of ether oxygens (including phenoxy) is 2. The van der Waals surface area contributed by atoms with Crippen molar-refractivity contribution in [1.29, 1.82) is 0 Å². The number of nitrogens with zero attached hydrogens (tertiary/aromatic N) is 2. The highest BCUT2D eigenvalue weighted by Gasteiger charge is 2.19. The SMILES string of the molecule is COc1ccc(S(=O)(=O)NCCn2cccn2)c(OC)c1. The molecule has 0 amide bonds. The Kier molecular flexibility index (Phi) is 4.81. The molecule has 0 aliphatic heterocycles. The summed E-state index contributed by atoms with van der Waals surface area (Å²) in [7, 11) is -0.733. The lowest BCUT2D eigenvalue weighted by Gasteiger charge is -2.12. The number of rotatable bonds is 7. The monoisotopic (exact) mass is 311 g/mol. The van der Waals surface area contributed by atoms with Gasteiger partial charge in [0.2, 0.25) is 10.0 Å². The summed E-state index contributed by atoms with van der Waals surface area (Å²) in [5.41, 5.74) is 0. The predicted molar refractivity (Wildman–Crippen MR) is 77.0 cm³/mol. The molecule has 114 valence electrons. The Balaban J connectivity index is 2.11. The molecule has 0 aliphatic rings. The van der Waals surface area contributed by atoms with Gasteiger partial charge >= 0.3 is 0 Å². The van der Waals surface area contributed by atoms with Crippen molar-refractivity contribution in [3.63, 3.8) is 0 Å². The van der Waals surface area contributed by atoms with E-state index in [1.165, 1.54) is 26.4 Å². The van der Waals surface area contributed by atoms with Crippen molar-refractivity contribution in [2.45, 2.75) is 11.4 Å². The quantitative estimate of drug-likeness (QED) is 0.821. The first-order chi connectivity index (χ1) is 10.1. The second kappa shape index (κ2) is 6.59. The van der Waals surface area contributed by atoms with E-state index < -0.39 is 10.0 Å². The molecular formula is C13H17N3O4S. The van der Waals surface area contributed by atoms with Crippen LogP contribution in [0.2, 0.25) is 0 Å². The number of benzene rings is 1. The van der Waals surface area contributed by atoms with Gasteiger partial charge < -0.3 is 9.47 Å². The molecule has 0 radical (unpaired) electrons. The summed E-state index contributed by atoms with van der Waals surface area (Å²) in [6, 6.07) is 6.33. The minimum absolute atomic E-state index is 0.0752. The van der Waals surface area contributed by atoms with Crippen LogP contribution in [0.4, 0.5) is 0 Å². The van der Waals surface area contributed by atoms with E-state index in [-0.39, 0.29) is 17.2 Å². The Morgan fingerprint density at radius 3 is 2.71 bits per heavy atom. The van der Waals surface area contributed by atoms with Crippen LogP contribution in [-0.4, -0.2) is 39.0 Å². The molecule has 0 aliphatic carbocycles. The molecular weight excluding hydrogens is 294 g/mol. The average molecular weight is 311 g/mol. The Morgan fingerprint density at radius 1 is 1.29 bits per heavy atom. The highest BCUT2D eigenvalue weighted by molar-refractivity contribution is 7.89. The summed E-state index contributed by atoms with van der Waals surface area (Å²) in [5, 5.41) is 4.01. The van der Waals surface area contributed by atoms with Crippen molar-refractivity contribution >= 4 is 10.0 Å². The molecule has 0 bridgehead atoms. The van der Waals surface area contributed by atoms with Gasteiger partial charge in [0.1, 0.15) is 16.4 Å². The van der Waals surface area contributed by atoms with Crippen molar-refractivity contribution < 1.29 is 17.9 Å². The van der Waals surface area contributed by atoms with Crippen molar-refractivity contribution in [2.24, 2.45) is 0 Å². The maximum atomic E-state index is 12.3. The van der Waals surface area contributed by atoms with Crippen molar-refractivity contribution in [1.82, 2.24) is 14.5 Å². The number of methoxy groups -OCH3 is 2. The molecule has 0 spiro atoms. The largest absolute Gasteiger partial charge is 0.497 e. The summed E-state index contributed by atoms with van der Waals surface area (Å²) < 4.78 is 38.9. The smallest absolute Gasteiger partial charge is 0.244 e. The Labute approximate surface area is 123 Å². The topological polar surface area (TPSA) is 82.5 Å². The average Bonchev–Trinajstić information content (AvgIpc) is 2.99. The Bertz CT molecular complexity index is 683. The van der Waals surface area contributed by atoms with E-state index in [4.69, 9.17) is 9.47 Å². The lowest BCUT2D eigenvalue weighted by molar-refractivity contribution is 0.386. The molecule has 1 heterocycles. The van der Waals surface area contributed by atoms with Crippen LogP contribution in [0.3, 0.4) is 0 Å². The molecule has 8 heteroatoms. The van der Waals surface area contributed by atoms with Crippen LogP contribution < -0.4 is 14.2 Å². The van der Waals surface area contributed by atoms with Crippen LogP contribution >= 0.6 is 0 Å². The van der Waals surface area contributed by atoms with Gasteiger partial charge in [0.05, 0.1) is 20.8 Å². The standard InChI is InChI=1S/C13H17N3O4S/c1-19-11-4-5-13(12(10-11)20-2)21(17,18)15-7-9-16-8-3-6-14-16/h3-6,8,10,15H,7,9H2,1-2H3. The van der Waals surface area contributed by atoms with Gasteiger partial charge in [-0.2, -0.15) is 5.10 Å². The lowest BCUT2D eigenvalue weighted by Crippen LogP contribution is -2.28. The molecule has 1 N–H and O–H groups in total. The third kappa shape index (κ3) is 3.73. The second-order valence-electron chi connectivity index (χ2n) is 4.18. The molecule has 1 aromatic carbocycles. The first-order valence-electron chi connectivity index (χ1n) is 6.26. The van der Waals surface area contributed by atoms with E-state index in [1.807, 2.05) is 0 Å². The van der Waals surface area contributed by atoms with E-state index in [9.17, 15) is 8.42 Å². The third-order valence-corrected chi connectivity index (χ3v) is 4.35. The van der Waals surface area contributed by atoms with E-state index in [0.717, 1.165) is 0 Å². The van der Waals surface area contributed by atoms with Gasteiger partial charge in [-0.15, -0.1) is 0 Å². The minimum Gasteiger partial charge on any atom is -0.497 e. The molecule has 0 saturated carbocycles. The fraction of sp³-hybridized carbons (Fsp3) is 0.308. The van der Waals surface area contributed by atoms with Gasteiger partial charge in [-0.3, -0.25) is 4.68 Å². The van der Waals surface area contributed by atoms with Crippen LogP contribution in [-0.2, 0) is 16.6 Å². The fourth-order valence-corrected chi connectivity index (χ4v) is 2.97. The van der Waals surface area contributed by atoms with Crippen molar-refractivity contribution in [3.05, 3.63) is 36.7 Å². The molecule has 0 atom stereocenters. The minimum atomic E-state index is -3.65. The summed E-state index contributed by atoms with van der Waals surface area (Å²) in [4.78, 5) is 0.0752. The zero-order valence-corrected chi connectivity index (χ0v) is 12.6. The Hall–Kier alpha value is -2.06. The Morgan fingerprint density at radius 2 is 2.10 bits per heavy atom.